The van der Waals surface area contributed by atoms with Crippen molar-refractivity contribution in [3.63, 3.8) is 0 Å². The van der Waals surface area contributed by atoms with Crippen molar-refractivity contribution in [2.24, 2.45) is 0 Å². The summed E-state index contributed by atoms with van der Waals surface area (Å²) in [4.78, 5) is 12.5. The maximum absolute atomic E-state index is 13.7. The van der Waals surface area contributed by atoms with Gasteiger partial charge in [0.25, 0.3) is 5.91 Å². The van der Waals surface area contributed by atoms with Gasteiger partial charge in [-0.2, -0.15) is 5.10 Å². The predicted octanol–water partition coefficient (Wildman–Crippen LogP) is 4.73. The lowest BCUT2D eigenvalue weighted by Crippen LogP contribution is -2.14. The van der Waals surface area contributed by atoms with Crippen LogP contribution in [0.15, 0.2) is 42.5 Å². The van der Waals surface area contributed by atoms with Crippen LogP contribution in [0.3, 0.4) is 0 Å². The van der Waals surface area contributed by atoms with Crippen LogP contribution in [-0.4, -0.2) is 15.7 Å². The van der Waals surface area contributed by atoms with Crippen LogP contribution in [0.2, 0.25) is 5.15 Å². The summed E-state index contributed by atoms with van der Waals surface area (Å²) >= 11 is 6.32. The number of nitrogens with one attached hydrogen (secondary N) is 1. The first-order valence-electron chi connectivity index (χ1n) is 7.90. The maximum atomic E-state index is 13.7. The summed E-state index contributed by atoms with van der Waals surface area (Å²) in [5, 5.41) is 6.85. The first-order valence-corrected chi connectivity index (χ1v) is 8.28. The Hall–Kier alpha value is -2.73. The molecule has 0 bridgehead atoms. The van der Waals surface area contributed by atoms with Crippen molar-refractivity contribution < 1.29 is 13.6 Å². The van der Waals surface area contributed by atoms with Gasteiger partial charge in [-0.05, 0) is 31.5 Å². The number of benzene rings is 2. The lowest BCUT2D eigenvalue weighted by molar-refractivity contribution is 0.102. The van der Waals surface area contributed by atoms with Gasteiger partial charge in [-0.15, -0.1) is 0 Å². The third-order valence-electron chi connectivity index (χ3n) is 3.92. The molecule has 0 radical (unpaired) electrons. The molecule has 1 aromatic heterocycles. The lowest BCUT2D eigenvalue weighted by Gasteiger charge is -2.07. The minimum Gasteiger partial charge on any atom is -0.319 e. The van der Waals surface area contributed by atoms with Crippen molar-refractivity contribution >= 4 is 23.2 Å². The second-order valence-corrected chi connectivity index (χ2v) is 6.33. The molecule has 2 aromatic carbocycles. The van der Waals surface area contributed by atoms with Crippen LogP contribution in [0.1, 0.15) is 27.2 Å². The van der Waals surface area contributed by atoms with Gasteiger partial charge in [0.2, 0.25) is 0 Å². The quantitative estimate of drug-likeness (QED) is 0.716. The van der Waals surface area contributed by atoms with Crippen LogP contribution >= 0.6 is 11.6 Å². The number of hydrogen-bond acceptors (Lipinski definition) is 2. The van der Waals surface area contributed by atoms with Gasteiger partial charge >= 0.3 is 0 Å². The number of carbonyl (C=O) groups excluding carboxylic acids is 1. The zero-order valence-electron chi connectivity index (χ0n) is 14.2. The molecule has 4 nitrogen and oxygen atoms in total. The molecular weight excluding hydrogens is 360 g/mol. The van der Waals surface area contributed by atoms with E-state index in [0.29, 0.717) is 18.3 Å². The Balaban J connectivity index is 1.84. The Morgan fingerprint density at radius 2 is 1.85 bits per heavy atom. The highest BCUT2D eigenvalue weighted by atomic mass is 35.5. The van der Waals surface area contributed by atoms with E-state index in [1.807, 2.05) is 31.2 Å². The summed E-state index contributed by atoms with van der Waals surface area (Å²) in [6.07, 6.45) is 0. The number of aromatic nitrogens is 2. The number of anilines is 1. The van der Waals surface area contributed by atoms with Gasteiger partial charge in [0.1, 0.15) is 16.8 Å². The minimum atomic E-state index is -0.862. The van der Waals surface area contributed by atoms with E-state index in [-0.39, 0.29) is 16.4 Å². The predicted molar refractivity (Wildman–Crippen MR) is 96.6 cm³/mol. The third-order valence-corrected chi connectivity index (χ3v) is 4.31. The third kappa shape index (κ3) is 3.75. The second kappa shape index (κ2) is 7.25. The first-order chi connectivity index (χ1) is 12.3. The number of halogens is 3. The molecular formula is C19H16ClF2N3O. The lowest BCUT2D eigenvalue weighted by atomic mass is 10.1. The van der Waals surface area contributed by atoms with E-state index < -0.39 is 17.5 Å². The average molecular weight is 376 g/mol. The van der Waals surface area contributed by atoms with E-state index in [1.54, 1.807) is 6.92 Å². The molecule has 0 atom stereocenters. The van der Waals surface area contributed by atoms with Crippen molar-refractivity contribution in [1.29, 1.82) is 0 Å². The van der Waals surface area contributed by atoms with Gasteiger partial charge in [0.05, 0.1) is 23.5 Å². The molecule has 0 fully saturated rings. The molecule has 0 saturated carbocycles. The largest absolute Gasteiger partial charge is 0.319 e. The van der Waals surface area contributed by atoms with E-state index in [0.717, 1.165) is 23.3 Å². The molecule has 134 valence electrons. The van der Waals surface area contributed by atoms with Gasteiger partial charge in [-0.1, -0.05) is 41.4 Å². The summed E-state index contributed by atoms with van der Waals surface area (Å²) in [6.45, 7) is 4.04. The fourth-order valence-electron chi connectivity index (χ4n) is 2.56. The van der Waals surface area contributed by atoms with Gasteiger partial charge in [0.15, 0.2) is 0 Å². The molecule has 3 aromatic rings. The summed E-state index contributed by atoms with van der Waals surface area (Å²) in [6, 6.07) is 10.8. The smallest absolute Gasteiger partial charge is 0.260 e. The highest BCUT2D eigenvalue weighted by Crippen LogP contribution is 2.23. The van der Waals surface area contributed by atoms with Crippen LogP contribution < -0.4 is 5.32 Å². The molecule has 1 amide bonds. The van der Waals surface area contributed by atoms with Crippen LogP contribution in [0, 0.1) is 25.5 Å². The molecule has 0 aliphatic heterocycles. The van der Waals surface area contributed by atoms with E-state index in [9.17, 15) is 13.6 Å². The molecule has 0 saturated heterocycles. The Morgan fingerprint density at radius 3 is 2.50 bits per heavy atom. The summed E-state index contributed by atoms with van der Waals surface area (Å²) < 4.78 is 28.2. The van der Waals surface area contributed by atoms with Gasteiger partial charge in [-0.3, -0.25) is 4.79 Å². The zero-order chi connectivity index (χ0) is 18.8. The summed E-state index contributed by atoms with van der Waals surface area (Å²) in [5.74, 6) is -2.19. The standard InChI is InChI=1S/C19H16ClF2N3O/c1-11-3-5-13(6-4-11)10-25-18(20)17(12(2)24-25)19(26)23-16-8-7-14(21)9-15(16)22/h3-9H,10H2,1-2H3,(H,23,26). The molecule has 3 rings (SSSR count). The Morgan fingerprint density at radius 1 is 1.15 bits per heavy atom. The monoisotopic (exact) mass is 375 g/mol. The highest BCUT2D eigenvalue weighted by molar-refractivity contribution is 6.33. The van der Waals surface area contributed by atoms with Crippen molar-refractivity contribution in [2.45, 2.75) is 20.4 Å². The van der Waals surface area contributed by atoms with Gasteiger partial charge < -0.3 is 5.32 Å². The van der Waals surface area contributed by atoms with E-state index in [1.165, 1.54) is 4.68 Å². The van der Waals surface area contributed by atoms with Gasteiger partial charge in [0, 0.05) is 6.07 Å². The molecule has 1 heterocycles. The summed E-state index contributed by atoms with van der Waals surface area (Å²) in [5.41, 5.74) is 2.57. The number of carbonyl (C=O) groups is 1. The van der Waals surface area contributed by atoms with Crippen molar-refractivity contribution in [2.75, 3.05) is 5.32 Å². The second-order valence-electron chi connectivity index (χ2n) is 5.97. The van der Waals surface area contributed by atoms with Crippen LogP contribution in [0.25, 0.3) is 0 Å². The van der Waals surface area contributed by atoms with Crippen molar-refractivity contribution in [3.05, 3.63) is 81.6 Å². The minimum absolute atomic E-state index is 0.127. The Kier molecular flexibility index (Phi) is 5.04. The van der Waals surface area contributed by atoms with Crippen LogP contribution in [-0.2, 0) is 6.54 Å². The van der Waals surface area contributed by atoms with E-state index in [4.69, 9.17) is 11.6 Å². The Bertz CT molecular complexity index is 968. The fraction of sp³-hybridized carbons (Fsp3) is 0.158. The molecule has 0 aliphatic rings. The fourth-order valence-corrected chi connectivity index (χ4v) is 2.88. The molecule has 7 heteroatoms. The number of rotatable bonds is 4. The molecule has 0 spiro atoms. The molecule has 0 unspecified atom stereocenters. The van der Waals surface area contributed by atoms with Crippen LogP contribution in [0.4, 0.5) is 14.5 Å². The number of amides is 1. The Labute approximate surface area is 154 Å². The van der Waals surface area contributed by atoms with Crippen molar-refractivity contribution in [3.8, 4) is 0 Å². The topological polar surface area (TPSA) is 46.9 Å². The zero-order valence-corrected chi connectivity index (χ0v) is 14.9. The van der Waals surface area contributed by atoms with E-state index >= 15 is 0 Å². The van der Waals surface area contributed by atoms with E-state index in [2.05, 4.69) is 10.4 Å². The van der Waals surface area contributed by atoms with Crippen molar-refractivity contribution in [1.82, 2.24) is 9.78 Å². The molecule has 1 N–H and O–H groups in total. The summed E-state index contributed by atoms with van der Waals surface area (Å²) in [7, 11) is 0. The highest BCUT2D eigenvalue weighted by Gasteiger charge is 2.21. The maximum Gasteiger partial charge on any atom is 0.260 e. The van der Waals surface area contributed by atoms with Gasteiger partial charge in [-0.25, -0.2) is 13.5 Å². The van der Waals surface area contributed by atoms with Crippen LogP contribution in [0.5, 0.6) is 0 Å². The average Bonchev–Trinajstić information content (AvgIpc) is 2.86. The number of nitrogens with zero attached hydrogens (tertiary/aromatic N) is 2. The number of aryl methyl sites for hydroxylation is 2. The number of hydrogen-bond donors (Lipinski definition) is 1. The molecule has 0 aliphatic carbocycles. The molecule has 26 heavy (non-hydrogen) atoms. The first kappa shape index (κ1) is 18.1. The SMILES string of the molecule is Cc1ccc(Cn2nc(C)c(C(=O)Nc3ccc(F)cc3F)c2Cl)cc1. The normalized spacial score (nSPS) is 10.8.